The minimum Gasteiger partial charge on any atom is -0.505 e. The third kappa shape index (κ3) is 7.01. The molecule has 0 aliphatic carbocycles. The summed E-state index contributed by atoms with van der Waals surface area (Å²) < 4.78 is 10.6. The highest BCUT2D eigenvalue weighted by atomic mass is 35.5. The molecular weight excluding hydrogens is 493 g/mol. The van der Waals surface area contributed by atoms with E-state index in [1.54, 1.807) is 0 Å². The number of aromatic hydroxyl groups is 1. The Labute approximate surface area is 215 Å². The van der Waals surface area contributed by atoms with E-state index in [0.29, 0.717) is 19.2 Å². The number of hydrogen-bond acceptors (Lipinski definition) is 7. The fourth-order valence-electron chi connectivity index (χ4n) is 3.92. The van der Waals surface area contributed by atoms with Crippen LogP contribution in [0.5, 0.6) is 11.5 Å². The molecule has 35 heavy (non-hydrogen) atoms. The van der Waals surface area contributed by atoms with Crippen LogP contribution < -0.4 is 10.1 Å². The van der Waals surface area contributed by atoms with E-state index in [0.717, 1.165) is 25.2 Å². The van der Waals surface area contributed by atoms with E-state index in [9.17, 15) is 14.7 Å². The predicted octanol–water partition coefficient (Wildman–Crippen LogP) is 3.23. The second-order valence-corrected chi connectivity index (χ2v) is 9.40. The molecule has 2 N–H and O–H groups in total. The summed E-state index contributed by atoms with van der Waals surface area (Å²) in [7, 11) is 3.35. The number of phenolic OH excluding ortho intramolecular Hbond substituents is 1. The molecule has 2 aromatic rings. The Hall–Kier alpha value is -2.52. The first-order valence-corrected chi connectivity index (χ1v) is 12.2. The molecular formula is C25H31Cl2N3O5. The van der Waals surface area contributed by atoms with Crippen LogP contribution in [0.25, 0.3) is 0 Å². The Morgan fingerprint density at radius 3 is 2.60 bits per heavy atom. The van der Waals surface area contributed by atoms with Crippen molar-refractivity contribution in [1.29, 1.82) is 0 Å². The molecule has 1 amide bonds. The largest absolute Gasteiger partial charge is 0.505 e. The number of hydrogen-bond donors (Lipinski definition) is 2. The SMILES string of the molecule is COC(=O)C(Cc1ccccc1)NC(=O)c1cc(Cl)c(OCCN2CCN(C)C(C)C2)c(Cl)c1O. The first-order chi connectivity index (χ1) is 16.7. The van der Waals surface area contributed by atoms with Crippen molar-refractivity contribution in [2.24, 2.45) is 0 Å². The molecule has 0 aromatic heterocycles. The Bertz CT molecular complexity index is 1040. The lowest BCUT2D eigenvalue weighted by Gasteiger charge is -2.37. The fraction of sp³-hybridized carbons (Fsp3) is 0.440. The van der Waals surface area contributed by atoms with Gasteiger partial charge in [0, 0.05) is 38.6 Å². The van der Waals surface area contributed by atoms with Gasteiger partial charge < -0.3 is 24.8 Å². The van der Waals surface area contributed by atoms with Crippen LogP contribution >= 0.6 is 23.2 Å². The topological polar surface area (TPSA) is 91.3 Å². The molecule has 1 aliphatic rings. The molecule has 0 radical (unpaired) electrons. The van der Waals surface area contributed by atoms with Crippen molar-refractivity contribution in [3.63, 3.8) is 0 Å². The van der Waals surface area contributed by atoms with Gasteiger partial charge in [-0.2, -0.15) is 0 Å². The first-order valence-electron chi connectivity index (χ1n) is 11.4. The third-order valence-corrected chi connectivity index (χ3v) is 6.80. The molecule has 0 saturated carbocycles. The number of esters is 1. The van der Waals surface area contributed by atoms with Crippen LogP contribution in [0.4, 0.5) is 0 Å². The van der Waals surface area contributed by atoms with Gasteiger partial charge in [-0.15, -0.1) is 0 Å². The van der Waals surface area contributed by atoms with E-state index in [-0.39, 0.29) is 27.8 Å². The highest BCUT2D eigenvalue weighted by Crippen LogP contribution is 2.42. The summed E-state index contributed by atoms with van der Waals surface area (Å²) in [5, 5.41) is 13.1. The summed E-state index contributed by atoms with van der Waals surface area (Å²) in [4.78, 5) is 29.8. The van der Waals surface area contributed by atoms with Gasteiger partial charge in [0.2, 0.25) is 0 Å². The summed E-state index contributed by atoms with van der Waals surface area (Å²) >= 11 is 12.7. The fourth-order valence-corrected chi connectivity index (χ4v) is 4.49. The number of amides is 1. The zero-order chi connectivity index (χ0) is 25.5. The number of ether oxygens (including phenoxy) is 2. The number of halogens is 2. The van der Waals surface area contributed by atoms with Crippen molar-refractivity contribution in [3.8, 4) is 11.5 Å². The molecule has 0 bridgehead atoms. The molecule has 2 atom stereocenters. The van der Waals surface area contributed by atoms with Crippen molar-refractivity contribution in [2.45, 2.75) is 25.4 Å². The lowest BCUT2D eigenvalue weighted by Crippen LogP contribution is -2.50. The zero-order valence-corrected chi connectivity index (χ0v) is 21.6. The number of rotatable bonds is 9. The Morgan fingerprint density at radius 1 is 1.23 bits per heavy atom. The van der Waals surface area contributed by atoms with E-state index in [4.69, 9.17) is 32.7 Å². The zero-order valence-electron chi connectivity index (χ0n) is 20.1. The maximum absolute atomic E-state index is 12.9. The van der Waals surface area contributed by atoms with Gasteiger partial charge in [0.1, 0.15) is 17.7 Å². The molecule has 1 aliphatic heterocycles. The standard InChI is InChI=1S/C25H31Cl2N3O5/c1-16-15-30(10-9-29(16)2)11-12-35-23-19(26)14-18(22(31)21(23)27)24(32)28-20(25(33)34-3)13-17-7-5-4-6-8-17/h4-8,14,16,20,31H,9-13,15H2,1-3H3,(H,28,32). The van der Waals surface area contributed by atoms with Gasteiger partial charge >= 0.3 is 5.97 Å². The van der Waals surface area contributed by atoms with Crippen LogP contribution in [-0.4, -0.2) is 85.8 Å². The normalized spacial score (nSPS) is 17.6. The molecule has 190 valence electrons. The lowest BCUT2D eigenvalue weighted by atomic mass is 10.1. The van der Waals surface area contributed by atoms with Gasteiger partial charge in [-0.25, -0.2) is 4.79 Å². The van der Waals surface area contributed by atoms with E-state index >= 15 is 0 Å². The number of nitrogens with one attached hydrogen (secondary N) is 1. The Kier molecular flexibility index (Phi) is 9.63. The van der Waals surface area contributed by atoms with Crippen molar-refractivity contribution in [2.75, 3.05) is 46.9 Å². The van der Waals surface area contributed by atoms with E-state index in [1.807, 2.05) is 30.3 Å². The minimum atomic E-state index is -0.964. The predicted molar refractivity (Wildman–Crippen MR) is 136 cm³/mol. The van der Waals surface area contributed by atoms with Crippen LogP contribution in [0, 0.1) is 0 Å². The number of piperazine rings is 1. The smallest absolute Gasteiger partial charge is 0.328 e. The van der Waals surface area contributed by atoms with Crippen molar-refractivity contribution in [1.82, 2.24) is 15.1 Å². The van der Waals surface area contributed by atoms with Gasteiger partial charge in [0.15, 0.2) is 11.5 Å². The number of benzene rings is 2. The molecule has 2 unspecified atom stereocenters. The molecule has 1 saturated heterocycles. The summed E-state index contributed by atoms with van der Waals surface area (Å²) in [6, 6.07) is 9.96. The highest BCUT2D eigenvalue weighted by Gasteiger charge is 2.27. The van der Waals surface area contributed by atoms with Crippen LogP contribution in [0.15, 0.2) is 36.4 Å². The molecule has 3 rings (SSSR count). The van der Waals surface area contributed by atoms with Gasteiger partial charge in [-0.05, 0) is 25.6 Å². The van der Waals surface area contributed by atoms with Crippen molar-refractivity contribution >= 4 is 35.1 Å². The van der Waals surface area contributed by atoms with Gasteiger partial charge in [-0.3, -0.25) is 9.69 Å². The van der Waals surface area contributed by atoms with E-state index in [1.165, 1.54) is 13.2 Å². The second-order valence-electron chi connectivity index (χ2n) is 8.62. The van der Waals surface area contributed by atoms with E-state index in [2.05, 4.69) is 29.1 Å². The summed E-state index contributed by atoms with van der Waals surface area (Å²) in [6.07, 6.45) is 0.216. The lowest BCUT2D eigenvalue weighted by molar-refractivity contribution is -0.142. The molecule has 8 nitrogen and oxygen atoms in total. The third-order valence-electron chi connectivity index (χ3n) is 6.17. The monoisotopic (exact) mass is 523 g/mol. The molecule has 1 fully saturated rings. The highest BCUT2D eigenvalue weighted by molar-refractivity contribution is 6.39. The quantitative estimate of drug-likeness (QED) is 0.487. The summed E-state index contributed by atoms with van der Waals surface area (Å²) in [6.45, 7) is 6.00. The number of likely N-dealkylation sites (N-methyl/N-ethyl adjacent to an activating group) is 1. The van der Waals surface area contributed by atoms with Crippen molar-refractivity contribution < 1.29 is 24.2 Å². The van der Waals surface area contributed by atoms with Gasteiger partial charge in [-0.1, -0.05) is 53.5 Å². The maximum Gasteiger partial charge on any atom is 0.328 e. The van der Waals surface area contributed by atoms with Gasteiger partial charge in [0.05, 0.1) is 17.7 Å². The number of phenols is 1. The molecule has 2 aromatic carbocycles. The summed E-state index contributed by atoms with van der Waals surface area (Å²) in [5.41, 5.74) is 0.671. The number of carbonyl (C=O) groups is 2. The summed E-state index contributed by atoms with van der Waals surface area (Å²) in [5.74, 6) is -1.69. The molecule has 0 spiro atoms. The first kappa shape index (κ1) is 27.1. The second kappa shape index (κ2) is 12.4. The average molecular weight is 524 g/mol. The minimum absolute atomic E-state index is 0.0855. The Balaban J connectivity index is 1.68. The number of nitrogens with zero attached hydrogens (tertiary/aromatic N) is 2. The van der Waals surface area contributed by atoms with Crippen LogP contribution in [0.2, 0.25) is 10.0 Å². The van der Waals surface area contributed by atoms with E-state index < -0.39 is 23.7 Å². The number of methoxy groups -OCH3 is 1. The van der Waals surface area contributed by atoms with Crippen molar-refractivity contribution in [3.05, 3.63) is 57.6 Å². The maximum atomic E-state index is 12.9. The van der Waals surface area contributed by atoms with Crippen LogP contribution in [0.1, 0.15) is 22.8 Å². The molecule has 1 heterocycles. The van der Waals surface area contributed by atoms with Gasteiger partial charge in [0.25, 0.3) is 5.91 Å². The van der Waals surface area contributed by atoms with Crippen LogP contribution in [-0.2, 0) is 16.0 Å². The molecule has 10 heteroatoms. The number of carbonyl (C=O) groups excluding carboxylic acids is 2. The Morgan fingerprint density at radius 2 is 1.94 bits per heavy atom. The van der Waals surface area contributed by atoms with Crippen LogP contribution in [0.3, 0.4) is 0 Å². The average Bonchev–Trinajstić information content (AvgIpc) is 2.85.